The molecule has 0 aliphatic carbocycles. The van der Waals surface area contributed by atoms with Crippen LogP contribution in [0.4, 0.5) is 0 Å². The molecule has 4 heteroatoms. The van der Waals surface area contributed by atoms with Crippen LogP contribution in [0.25, 0.3) is 0 Å². The Balaban J connectivity index is 2.17. The highest BCUT2D eigenvalue weighted by atomic mass is 32.1. The van der Waals surface area contributed by atoms with Crippen molar-refractivity contribution in [3.05, 3.63) is 57.8 Å². The van der Waals surface area contributed by atoms with Crippen molar-refractivity contribution in [2.24, 2.45) is 0 Å². The van der Waals surface area contributed by atoms with E-state index in [2.05, 4.69) is 0 Å². The molecule has 1 aromatic heterocycles. The van der Waals surface area contributed by atoms with E-state index in [9.17, 15) is 9.90 Å². The van der Waals surface area contributed by atoms with Crippen LogP contribution in [0.1, 0.15) is 26.9 Å². The molecule has 1 heterocycles. The molecule has 0 spiro atoms. The minimum Gasteiger partial charge on any atom is -0.478 e. The number of aliphatic hydroxyl groups is 1. The van der Waals surface area contributed by atoms with Gasteiger partial charge in [0.15, 0.2) is 0 Å². The van der Waals surface area contributed by atoms with Gasteiger partial charge in [0, 0.05) is 11.3 Å². The molecule has 17 heavy (non-hydrogen) atoms. The van der Waals surface area contributed by atoms with E-state index >= 15 is 0 Å². The first kappa shape index (κ1) is 11.8. The normalized spacial score (nSPS) is 12.3. The summed E-state index contributed by atoms with van der Waals surface area (Å²) < 4.78 is 0. The van der Waals surface area contributed by atoms with Crippen molar-refractivity contribution >= 4 is 17.3 Å². The van der Waals surface area contributed by atoms with E-state index in [0.29, 0.717) is 11.3 Å². The van der Waals surface area contributed by atoms with Crippen molar-refractivity contribution in [3.63, 3.8) is 0 Å². The zero-order chi connectivity index (χ0) is 12.3. The summed E-state index contributed by atoms with van der Waals surface area (Å²) in [5, 5.41) is 20.7. The third-order valence-electron chi connectivity index (χ3n) is 2.50. The second kappa shape index (κ2) is 5.12. The van der Waals surface area contributed by atoms with Crippen LogP contribution in [0.5, 0.6) is 0 Å². The number of carboxylic acid groups (broad SMARTS) is 1. The molecule has 0 aliphatic rings. The number of carboxylic acids is 1. The Morgan fingerprint density at radius 3 is 2.59 bits per heavy atom. The highest BCUT2D eigenvalue weighted by Crippen LogP contribution is 2.27. The smallest absolute Gasteiger partial charge is 0.336 e. The van der Waals surface area contributed by atoms with Crippen molar-refractivity contribution in [1.29, 1.82) is 0 Å². The van der Waals surface area contributed by atoms with Crippen molar-refractivity contribution in [3.8, 4) is 0 Å². The maximum atomic E-state index is 10.9. The summed E-state index contributed by atoms with van der Waals surface area (Å²) in [6, 6.07) is 11.1. The van der Waals surface area contributed by atoms with Gasteiger partial charge in [-0.05, 0) is 17.0 Å². The third-order valence-corrected chi connectivity index (χ3v) is 3.52. The predicted octanol–water partition coefficient (Wildman–Crippen LogP) is 2.72. The summed E-state index contributed by atoms with van der Waals surface area (Å²) >= 11 is 1.27. The molecule has 0 amide bonds. The standard InChI is InChI=1S/C13H12O3S/c14-11(8-9-4-2-1-3-5-9)12-10(13(15)16)6-7-17-12/h1-7,11,14H,8H2,(H,15,16). The molecule has 0 saturated carbocycles. The number of carbonyl (C=O) groups is 1. The average Bonchev–Trinajstić information content (AvgIpc) is 2.79. The van der Waals surface area contributed by atoms with Crippen molar-refractivity contribution in [2.45, 2.75) is 12.5 Å². The van der Waals surface area contributed by atoms with Crippen molar-refractivity contribution in [1.82, 2.24) is 0 Å². The molecular formula is C13H12O3S. The Labute approximate surface area is 103 Å². The number of benzene rings is 1. The zero-order valence-electron chi connectivity index (χ0n) is 9.04. The summed E-state index contributed by atoms with van der Waals surface area (Å²) in [5.74, 6) is -0.992. The molecule has 0 aliphatic heterocycles. The molecule has 0 bridgehead atoms. The van der Waals surface area contributed by atoms with E-state index in [0.717, 1.165) is 5.56 Å². The van der Waals surface area contributed by atoms with E-state index in [4.69, 9.17) is 5.11 Å². The van der Waals surface area contributed by atoms with Gasteiger partial charge in [0.25, 0.3) is 0 Å². The number of aromatic carboxylic acids is 1. The highest BCUT2D eigenvalue weighted by Gasteiger charge is 2.18. The third kappa shape index (κ3) is 2.72. The van der Waals surface area contributed by atoms with E-state index in [1.807, 2.05) is 30.3 Å². The van der Waals surface area contributed by atoms with Crippen LogP contribution in [0, 0.1) is 0 Å². The minimum atomic E-state index is -0.992. The molecule has 3 nitrogen and oxygen atoms in total. The van der Waals surface area contributed by atoms with Gasteiger partial charge in [0.2, 0.25) is 0 Å². The van der Waals surface area contributed by atoms with Crippen LogP contribution >= 0.6 is 11.3 Å². The largest absolute Gasteiger partial charge is 0.478 e. The number of aliphatic hydroxyl groups excluding tert-OH is 1. The highest BCUT2D eigenvalue weighted by molar-refractivity contribution is 7.10. The van der Waals surface area contributed by atoms with Crippen LogP contribution in [0.3, 0.4) is 0 Å². The lowest BCUT2D eigenvalue weighted by molar-refractivity contribution is 0.0690. The molecule has 0 radical (unpaired) electrons. The lowest BCUT2D eigenvalue weighted by Gasteiger charge is -2.09. The molecule has 1 unspecified atom stereocenters. The Morgan fingerprint density at radius 1 is 1.24 bits per heavy atom. The van der Waals surface area contributed by atoms with Crippen LogP contribution in [0.2, 0.25) is 0 Å². The van der Waals surface area contributed by atoms with Gasteiger partial charge in [-0.3, -0.25) is 0 Å². The van der Waals surface area contributed by atoms with Gasteiger partial charge in [-0.15, -0.1) is 11.3 Å². The maximum absolute atomic E-state index is 10.9. The van der Waals surface area contributed by atoms with Crippen molar-refractivity contribution in [2.75, 3.05) is 0 Å². The monoisotopic (exact) mass is 248 g/mol. The van der Waals surface area contributed by atoms with Crippen LogP contribution in [-0.2, 0) is 6.42 Å². The van der Waals surface area contributed by atoms with Gasteiger partial charge < -0.3 is 10.2 Å². The number of hydrogen-bond donors (Lipinski definition) is 2. The predicted molar refractivity (Wildman–Crippen MR) is 66.4 cm³/mol. The fourth-order valence-corrected chi connectivity index (χ4v) is 2.56. The number of thiophene rings is 1. The molecular weight excluding hydrogens is 236 g/mol. The van der Waals surface area contributed by atoms with Crippen LogP contribution in [-0.4, -0.2) is 16.2 Å². The van der Waals surface area contributed by atoms with Gasteiger partial charge in [-0.25, -0.2) is 4.79 Å². The van der Waals surface area contributed by atoms with E-state index < -0.39 is 12.1 Å². The Morgan fingerprint density at radius 2 is 1.94 bits per heavy atom. The molecule has 88 valence electrons. The van der Waals surface area contributed by atoms with Gasteiger partial charge in [0.05, 0.1) is 11.7 Å². The minimum absolute atomic E-state index is 0.193. The van der Waals surface area contributed by atoms with Gasteiger partial charge >= 0.3 is 5.97 Å². The quantitative estimate of drug-likeness (QED) is 0.874. The molecule has 2 aromatic rings. The van der Waals surface area contributed by atoms with Crippen LogP contribution in [0.15, 0.2) is 41.8 Å². The molecule has 2 N–H and O–H groups in total. The molecule has 2 rings (SSSR count). The molecule has 0 fully saturated rings. The first-order valence-electron chi connectivity index (χ1n) is 5.21. The van der Waals surface area contributed by atoms with Gasteiger partial charge in [-0.2, -0.15) is 0 Å². The van der Waals surface area contributed by atoms with E-state index in [1.54, 1.807) is 5.38 Å². The summed E-state index contributed by atoms with van der Waals surface area (Å²) in [7, 11) is 0. The Bertz CT molecular complexity index is 504. The Kier molecular flexibility index (Phi) is 3.56. The maximum Gasteiger partial charge on any atom is 0.336 e. The lowest BCUT2D eigenvalue weighted by Crippen LogP contribution is -2.05. The molecule has 1 atom stereocenters. The molecule has 0 saturated heterocycles. The van der Waals surface area contributed by atoms with E-state index in [-0.39, 0.29) is 5.56 Å². The summed E-state index contributed by atoms with van der Waals surface area (Å²) in [4.78, 5) is 11.5. The number of rotatable bonds is 4. The fraction of sp³-hybridized carbons (Fsp3) is 0.154. The second-order valence-electron chi connectivity index (χ2n) is 3.71. The lowest BCUT2D eigenvalue weighted by atomic mass is 10.0. The summed E-state index contributed by atoms with van der Waals surface area (Å²) in [6.07, 6.45) is -0.328. The number of hydrogen-bond acceptors (Lipinski definition) is 3. The first-order chi connectivity index (χ1) is 8.18. The summed E-state index contributed by atoms with van der Waals surface area (Å²) in [6.45, 7) is 0. The van der Waals surface area contributed by atoms with Crippen LogP contribution < -0.4 is 0 Å². The molecule has 1 aromatic carbocycles. The SMILES string of the molecule is O=C(O)c1ccsc1C(O)Cc1ccccc1. The van der Waals surface area contributed by atoms with E-state index in [1.165, 1.54) is 17.4 Å². The average molecular weight is 248 g/mol. The van der Waals surface area contributed by atoms with Crippen molar-refractivity contribution < 1.29 is 15.0 Å². The topological polar surface area (TPSA) is 57.5 Å². The second-order valence-corrected chi connectivity index (χ2v) is 4.66. The zero-order valence-corrected chi connectivity index (χ0v) is 9.85. The fourth-order valence-electron chi connectivity index (χ4n) is 1.69. The Hall–Kier alpha value is -1.65. The van der Waals surface area contributed by atoms with Gasteiger partial charge in [0.1, 0.15) is 0 Å². The first-order valence-corrected chi connectivity index (χ1v) is 6.09. The summed E-state index contributed by atoms with van der Waals surface area (Å²) in [5.41, 5.74) is 1.18. The van der Waals surface area contributed by atoms with Gasteiger partial charge in [-0.1, -0.05) is 30.3 Å².